The van der Waals surface area contributed by atoms with Crippen LogP contribution in [0.1, 0.15) is 40.6 Å². The van der Waals surface area contributed by atoms with Gasteiger partial charge >= 0.3 is 149 Å². The fourth-order valence-corrected chi connectivity index (χ4v) is 19.7. The molecule has 0 nitrogen and oxygen atoms in total. The van der Waals surface area contributed by atoms with E-state index < -0.39 is 17.4 Å². The standard InChI is InChI=1S/2C10H9.2CH3.H2Si.Zr/c2*1-8-5-6-9-3-2-4-10(9)7-8;;;;/h2*2-7H,1H3;2*1H3;1H2;. The Balaban J connectivity index is 1.86. The van der Waals surface area contributed by atoms with Gasteiger partial charge in [-0.1, -0.05) is 0 Å². The van der Waals surface area contributed by atoms with Crippen LogP contribution < -0.4 is 0 Å². The minimum absolute atomic E-state index is 0.640. The number of allylic oxidation sites excluding steroid dienone is 2. The Morgan fingerprint density at radius 3 is 1.58 bits per heavy atom. The van der Waals surface area contributed by atoms with Gasteiger partial charge in [0, 0.05) is 0 Å². The van der Waals surface area contributed by atoms with Crippen molar-refractivity contribution in [3.05, 3.63) is 81.9 Å². The van der Waals surface area contributed by atoms with Crippen molar-refractivity contribution in [1.82, 2.24) is 0 Å². The van der Waals surface area contributed by atoms with Gasteiger partial charge in [0.1, 0.15) is 0 Å². The fourth-order valence-electron chi connectivity index (χ4n) is 4.68. The summed E-state index contributed by atoms with van der Waals surface area (Å²) in [5.41, 5.74) is 8.80. The zero-order valence-corrected chi connectivity index (χ0v) is 19.0. The van der Waals surface area contributed by atoms with Crippen molar-refractivity contribution < 1.29 is 17.4 Å². The van der Waals surface area contributed by atoms with E-state index in [0.717, 1.165) is 0 Å². The summed E-state index contributed by atoms with van der Waals surface area (Å²) in [6.07, 6.45) is 9.77. The van der Waals surface area contributed by atoms with Crippen molar-refractivity contribution >= 4 is 19.0 Å². The van der Waals surface area contributed by atoms with Gasteiger partial charge in [0.15, 0.2) is 0 Å². The van der Waals surface area contributed by atoms with E-state index >= 15 is 0 Å². The van der Waals surface area contributed by atoms with Crippen molar-refractivity contribution in [2.75, 3.05) is 0 Å². The molecule has 0 spiro atoms. The van der Waals surface area contributed by atoms with Crippen molar-refractivity contribution in [3.63, 3.8) is 0 Å². The molecule has 0 amide bonds. The van der Waals surface area contributed by atoms with E-state index in [4.69, 9.17) is 0 Å². The quantitative estimate of drug-likeness (QED) is 0.577. The summed E-state index contributed by atoms with van der Waals surface area (Å²) in [5.74, 6) is 0. The summed E-state index contributed by atoms with van der Waals surface area (Å²) < 4.78 is 6.61. The van der Waals surface area contributed by atoms with Crippen molar-refractivity contribution in [2.45, 2.75) is 30.4 Å². The normalized spacial score (nSPS) is 21.9. The van der Waals surface area contributed by atoms with Crippen LogP contribution in [0.4, 0.5) is 0 Å². The van der Waals surface area contributed by atoms with Gasteiger partial charge in [-0.3, -0.25) is 0 Å². The van der Waals surface area contributed by atoms with Gasteiger partial charge in [-0.05, 0) is 0 Å². The fraction of sp³-hybridized carbons (Fsp3) is 0.273. The first-order chi connectivity index (χ1) is 11.2. The Bertz CT molecular complexity index is 898. The molecule has 0 saturated carbocycles. The summed E-state index contributed by atoms with van der Waals surface area (Å²) >= 11 is -3.08. The Morgan fingerprint density at radius 1 is 0.750 bits per heavy atom. The molecule has 2 aliphatic carbocycles. The summed E-state index contributed by atoms with van der Waals surface area (Å²) in [7, 11) is 0. The summed E-state index contributed by atoms with van der Waals surface area (Å²) in [4.78, 5) is 0. The third-order valence-electron chi connectivity index (χ3n) is 6.13. The van der Waals surface area contributed by atoms with E-state index in [0.29, 0.717) is 7.25 Å². The molecule has 0 aliphatic heterocycles. The Labute approximate surface area is 148 Å². The van der Waals surface area contributed by atoms with Gasteiger partial charge in [0.05, 0.1) is 0 Å². The molecule has 0 heterocycles. The topological polar surface area (TPSA) is 0 Å². The van der Waals surface area contributed by atoms with E-state index in [9.17, 15) is 0 Å². The van der Waals surface area contributed by atoms with Crippen LogP contribution in [0.15, 0.2) is 48.6 Å². The van der Waals surface area contributed by atoms with Crippen LogP contribution in [0, 0.1) is 13.8 Å². The maximum atomic E-state index is 2.67. The SMILES string of the molecule is Cc1ccc2c(c1)[CH]([Zr]([CH3])([CH3])(=[SiH2])[CH]1C=Cc3ccc(C)cc31)C=C2. The van der Waals surface area contributed by atoms with Gasteiger partial charge in [-0.2, -0.15) is 0 Å². The number of hydrogen-bond acceptors (Lipinski definition) is 0. The van der Waals surface area contributed by atoms with Crippen LogP contribution in [-0.2, 0) is 17.4 Å². The van der Waals surface area contributed by atoms with Crippen LogP contribution in [-0.4, -0.2) is 6.88 Å². The number of hydrogen-bond donors (Lipinski definition) is 0. The zero-order chi connectivity index (χ0) is 17.1. The third-order valence-corrected chi connectivity index (χ3v) is 23.9. The molecule has 122 valence electrons. The van der Waals surface area contributed by atoms with Gasteiger partial charge < -0.3 is 0 Å². The Kier molecular flexibility index (Phi) is 3.61. The summed E-state index contributed by atoms with van der Waals surface area (Å²) in [6.45, 7) is 6.83. The van der Waals surface area contributed by atoms with E-state index in [1.165, 1.54) is 22.3 Å². The molecular weight excluding hydrogens is 384 g/mol. The van der Waals surface area contributed by atoms with Crippen molar-refractivity contribution in [3.8, 4) is 0 Å². The first-order valence-electron chi connectivity index (χ1n) is 8.90. The van der Waals surface area contributed by atoms with Gasteiger partial charge in [-0.15, -0.1) is 0 Å². The third kappa shape index (κ3) is 2.42. The van der Waals surface area contributed by atoms with Gasteiger partial charge in [0.2, 0.25) is 0 Å². The molecule has 2 aliphatic rings. The van der Waals surface area contributed by atoms with Crippen LogP contribution in [0.25, 0.3) is 12.2 Å². The number of aryl methyl sites for hydroxylation is 2. The molecule has 0 saturated heterocycles. The second-order valence-corrected chi connectivity index (χ2v) is 39.6. The average molecular weight is 410 g/mol. The first kappa shape index (κ1) is 16.5. The minimum atomic E-state index is -3.08. The average Bonchev–Trinajstić information content (AvgIpc) is 3.10. The maximum absolute atomic E-state index is 3.08. The van der Waals surface area contributed by atoms with E-state index in [2.05, 4.69) is 90.7 Å². The predicted molar refractivity (Wildman–Crippen MR) is 106 cm³/mol. The monoisotopic (exact) mass is 408 g/mol. The first-order valence-corrected chi connectivity index (χ1v) is 22.6. The molecule has 0 bridgehead atoms. The van der Waals surface area contributed by atoms with Crippen LogP contribution in [0.2, 0.25) is 9.26 Å². The molecule has 2 unspecified atom stereocenters. The number of benzene rings is 2. The van der Waals surface area contributed by atoms with Crippen LogP contribution in [0.3, 0.4) is 0 Å². The second-order valence-electron chi connectivity index (χ2n) is 8.88. The van der Waals surface area contributed by atoms with Crippen molar-refractivity contribution in [2.24, 2.45) is 0 Å². The van der Waals surface area contributed by atoms with Crippen LogP contribution >= 0.6 is 0 Å². The van der Waals surface area contributed by atoms with E-state index in [1.54, 1.807) is 11.1 Å². The van der Waals surface area contributed by atoms with Crippen LogP contribution in [0.5, 0.6) is 0 Å². The predicted octanol–water partition coefficient (Wildman–Crippen LogP) is 5.47. The Morgan fingerprint density at radius 2 is 1.17 bits per heavy atom. The molecule has 0 radical (unpaired) electrons. The number of fused-ring (bicyclic) bond motifs is 2. The molecule has 0 aromatic heterocycles. The summed E-state index contributed by atoms with van der Waals surface area (Å²) in [6, 6.07) is 14.0. The van der Waals surface area contributed by atoms with Gasteiger partial charge in [-0.25, -0.2) is 0 Å². The van der Waals surface area contributed by atoms with E-state index in [1.807, 2.05) is 0 Å². The van der Waals surface area contributed by atoms with Gasteiger partial charge in [0.25, 0.3) is 0 Å². The molecule has 2 aromatic rings. The summed E-state index contributed by atoms with van der Waals surface area (Å²) in [5, 5.41) is 0. The second kappa shape index (κ2) is 5.26. The molecule has 24 heavy (non-hydrogen) atoms. The molecule has 0 fully saturated rings. The molecule has 0 N–H and O–H groups in total. The number of rotatable bonds is 2. The molecular formula is C22H26SiZr. The van der Waals surface area contributed by atoms with Crippen molar-refractivity contribution in [1.29, 1.82) is 0 Å². The Hall–Kier alpha value is -0.980. The zero-order valence-electron chi connectivity index (χ0n) is 15.1. The molecule has 2 atom stereocenters. The molecule has 2 aromatic carbocycles. The molecule has 4 rings (SSSR count). The van der Waals surface area contributed by atoms with E-state index in [-0.39, 0.29) is 0 Å². The molecule has 2 heteroatoms.